The lowest BCUT2D eigenvalue weighted by molar-refractivity contribution is 0.415. The van der Waals surface area contributed by atoms with Crippen LogP contribution in [0, 0.1) is 0 Å². The normalized spacial score (nSPS) is 10.3. The van der Waals surface area contributed by atoms with Crippen LogP contribution in [0.4, 0.5) is 17.5 Å². The first-order chi connectivity index (χ1) is 10.8. The molecule has 0 amide bonds. The minimum atomic E-state index is 0.600. The molecule has 0 aliphatic rings. The van der Waals surface area contributed by atoms with Crippen LogP contribution in [0.25, 0.3) is 0 Å². The first-order valence-corrected chi connectivity index (χ1v) is 7.76. The fourth-order valence-electron chi connectivity index (χ4n) is 2.30. The Labute approximate surface area is 132 Å². The second-order valence-electron chi connectivity index (χ2n) is 5.08. The monoisotopic (exact) mass is 300 g/mol. The Morgan fingerprint density at radius 3 is 2.59 bits per heavy atom. The molecule has 2 aromatic rings. The van der Waals surface area contributed by atoms with E-state index in [0.29, 0.717) is 5.95 Å². The van der Waals surface area contributed by atoms with Crippen LogP contribution in [0.15, 0.2) is 36.5 Å². The van der Waals surface area contributed by atoms with Crippen molar-refractivity contribution in [2.75, 3.05) is 30.4 Å². The van der Waals surface area contributed by atoms with Gasteiger partial charge in [0, 0.05) is 31.0 Å². The van der Waals surface area contributed by atoms with E-state index in [2.05, 4.69) is 34.0 Å². The molecule has 0 saturated heterocycles. The van der Waals surface area contributed by atoms with Crippen LogP contribution in [0.5, 0.6) is 5.75 Å². The number of hydrogen-bond donors (Lipinski definition) is 1. The van der Waals surface area contributed by atoms with Crippen LogP contribution < -0.4 is 15.0 Å². The van der Waals surface area contributed by atoms with Gasteiger partial charge in [0.05, 0.1) is 7.11 Å². The molecule has 0 atom stereocenters. The molecule has 1 heterocycles. The van der Waals surface area contributed by atoms with E-state index < -0.39 is 0 Å². The van der Waals surface area contributed by atoms with Crippen molar-refractivity contribution < 1.29 is 4.74 Å². The van der Waals surface area contributed by atoms with Crippen molar-refractivity contribution in [2.45, 2.75) is 26.7 Å². The molecular weight excluding hydrogens is 276 g/mol. The number of hydrogen-bond acceptors (Lipinski definition) is 5. The SMILES string of the molecule is CCCN(CCC)c1ccnc(Nc2cccc(OC)c2)n1. The number of nitrogens with zero attached hydrogens (tertiary/aromatic N) is 3. The molecule has 0 radical (unpaired) electrons. The number of aromatic nitrogens is 2. The lowest BCUT2D eigenvalue weighted by atomic mass is 10.3. The summed E-state index contributed by atoms with van der Waals surface area (Å²) in [4.78, 5) is 11.2. The van der Waals surface area contributed by atoms with Crippen molar-refractivity contribution in [1.29, 1.82) is 0 Å². The van der Waals surface area contributed by atoms with Crippen LogP contribution in [-0.4, -0.2) is 30.2 Å². The van der Waals surface area contributed by atoms with Gasteiger partial charge in [0.1, 0.15) is 11.6 Å². The molecule has 0 aliphatic heterocycles. The molecule has 22 heavy (non-hydrogen) atoms. The summed E-state index contributed by atoms with van der Waals surface area (Å²) in [6, 6.07) is 9.69. The summed E-state index contributed by atoms with van der Waals surface area (Å²) in [5, 5.41) is 3.23. The Hall–Kier alpha value is -2.30. The number of nitrogens with one attached hydrogen (secondary N) is 1. The molecule has 0 spiro atoms. The third kappa shape index (κ3) is 4.35. The molecule has 0 aliphatic carbocycles. The van der Waals surface area contributed by atoms with Gasteiger partial charge in [0.2, 0.25) is 5.95 Å². The van der Waals surface area contributed by atoms with Crippen LogP contribution in [-0.2, 0) is 0 Å². The Kier molecular flexibility index (Phi) is 6.01. The number of rotatable bonds is 8. The summed E-state index contributed by atoms with van der Waals surface area (Å²) in [6.45, 7) is 6.37. The molecular formula is C17H24N4O. The van der Waals surface area contributed by atoms with Crippen molar-refractivity contribution in [3.8, 4) is 5.75 Å². The van der Waals surface area contributed by atoms with Gasteiger partial charge in [-0.15, -0.1) is 0 Å². The molecule has 0 unspecified atom stereocenters. The van der Waals surface area contributed by atoms with Gasteiger partial charge in [-0.3, -0.25) is 0 Å². The second kappa shape index (κ2) is 8.22. The fourth-order valence-corrected chi connectivity index (χ4v) is 2.30. The van der Waals surface area contributed by atoms with Crippen molar-refractivity contribution in [2.24, 2.45) is 0 Å². The zero-order valence-electron chi connectivity index (χ0n) is 13.5. The predicted molar refractivity (Wildman–Crippen MR) is 91.1 cm³/mol. The summed E-state index contributed by atoms with van der Waals surface area (Å²) in [7, 11) is 1.66. The predicted octanol–water partition coefficient (Wildman–Crippen LogP) is 3.86. The second-order valence-corrected chi connectivity index (χ2v) is 5.08. The van der Waals surface area contributed by atoms with Gasteiger partial charge in [-0.1, -0.05) is 19.9 Å². The van der Waals surface area contributed by atoms with Gasteiger partial charge in [0.15, 0.2) is 0 Å². The molecule has 1 aromatic heterocycles. The first kappa shape index (κ1) is 16.1. The zero-order valence-corrected chi connectivity index (χ0v) is 13.5. The molecule has 0 saturated carbocycles. The number of ether oxygens (including phenoxy) is 1. The molecule has 118 valence electrons. The fraction of sp³-hybridized carbons (Fsp3) is 0.412. The van der Waals surface area contributed by atoms with E-state index in [1.54, 1.807) is 13.3 Å². The number of anilines is 3. The highest BCUT2D eigenvalue weighted by molar-refractivity contribution is 5.57. The summed E-state index contributed by atoms with van der Waals surface area (Å²) in [5.41, 5.74) is 0.911. The largest absolute Gasteiger partial charge is 0.497 e. The van der Waals surface area contributed by atoms with Gasteiger partial charge >= 0.3 is 0 Å². The molecule has 5 heteroatoms. The van der Waals surface area contributed by atoms with Crippen LogP contribution in [0.1, 0.15) is 26.7 Å². The van der Waals surface area contributed by atoms with E-state index in [1.807, 2.05) is 30.3 Å². The quantitative estimate of drug-likeness (QED) is 0.802. The Balaban J connectivity index is 2.16. The van der Waals surface area contributed by atoms with E-state index in [0.717, 1.165) is 43.2 Å². The Morgan fingerprint density at radius 1 is 1.14 bits per heavy atom. The summed E-state index contributed by atoms with van der Waals surface area (Å²) in [6.07, 6.45) is 3.99. The maximum atomic E-state index is 5.23. The highest BCUT2D eigenvalue weighted by atomic mass is 16.5. The first-order valence-electron chi connectivity index (χ1n) is 7.76. The van der Waals surface area contributed by atoms with Crippen molar-refractivity contribution in [3.63, 3.8) is 0 Å². The zero-order chi connectivity index (χ0) is 15.8. The highest BCUT2D eigenvalue weighted by Gasteiger charge is 2.08. The maximum absolute atomic E-state index is 5.23. The van der Waals surface area contributed by atoms with E-state index in [4.69, 9.17) is 4.74 Å². The van der Waals surface area contributed by atoms with Crippen molar-refractivity contribution >= 4 is 17.5 Å². The van der Waals surface area contributed by atoms with Gasteiger partial charge in [-0.25, -0.2) is 4.98 Å². The third-order valence-electron chi connectivity index (χ3n) is 3.28. The van der Waals surface area contributed by atoms with E-state index in [9.17, 15) is 0 Å². The Morgan fingerprint density at radius 2 is 1.91 bits per heavy atom. The van der Waals surface area contributed by atoms with Crippen LogP contribution >= 0.6 is 0 Å². The van der Waals surface area contributed by atoms with E-state index in [-0.39, 0.29) is 0 Å². The molecule has 5 nitrogen and oxygen atoms in total. The summed E-state index contributed by atoms with van der Waals surface area (Å²) < 4.78 is 5.23. The van der Waals surface area contributed by atoms with Crippen molar-refractivity contribution in [1.82, 2.24) is 9.97 Å². The Bertz CT molecular complexity index is 582. The molecule has 0 fully saturated rings. The van der Waals surface area contributed by atoms with Gasteiger partial charge in [0.25, 0.3) is 0 Å². The lowest BCUT2D eigenvalue weighted by Gasteiger charge is -2.22. The van der Waals surface area contributed by atoms with Gasteiger partial charge < -0.3 is 15.0 Å². The van der Waals surface area contributed by atoms with E-state index in [1.165, 1.54) is 0 Å². The van der Waals surface area contributed by atoms with Crippen LogP contribution in [0.2, 0.25) is 0 Å². The molecule has 1 N–H and O–H groups in total. The number of methoxy groups -OCH3 is 1. The standard InChI is InChI=1S/C17H24N4O/c1-4-11-21(12-5-2)16-9-10-18-17(20-16)19-14-7-6-8-15(13-14)22-3/h6-10,13H,4-5,11-12H2,1-3H3,(H,18,19,20). The average molecular weight is 300 g/mol. The lowest BCUT2D eigenvalue weighted by Crippen LogP contribution is -2.26. The highest BCUT2D eigenvalue weighted by Crippen LogP contribution is 2.20. The summed E-state index contributed by atoms with van der Waals surface area (Å²) >= 11 is 0. The minimum absolute atomic E-state index is 0.600. The van der Waals surface area contributed by atoms with Crippen molar-refractivity contribution in [3.05, 3.63) is 36.5 Å². The average Bonchev–Trinajstić information content (AvgIpc) is 2.55. The molecule has 1 aromatic carbocycles. The smallest absolute Gasteiger partial charge is 0.229 e. The van der Waals surface area contributed by atoms with Gasteiger partial charge in [-0.05, 0) is 31.0 Å². The maximum Gasteiger partial charge on any atom is 0.229 e. The van der Waals surface area contributed by atoms with Crippen LogP contribution in [0.3, 0.4) is 0 Å². The minimum Gasteiger partial charge on any atom is -0.497 e. The topological polar surface area (TPSA) is 50.3 Å². The van der Waals surface area contributed by atoms with Gasteiger partial charge in [-0.2, -0.15) is 4.98 Å². The number of benzene rings is 1. The molecule has 2 rings (SSSR count). The summed E-state index contributed by atoms with van der Waals surface area (Å²) in [5.74, 6) is 2.37. The third-order valence-corrected chi connectivity index (χ3v) is 3.28. The molecule has 0 bridgehead atoms. The van der Waals surface area contributed by atoms with E-state index >= 15 is 0 Å².